The maximum atomic E-state index is 14.4. The maximum Gasteiger partial charge on any atom is 0.410 e. The van der Waals surface area contributed by atoms with Crippen LogP contribution in [0.3, 0.4) is 0 Å². The number of para-hydroxylation sites is 1. The smallest absolute Gasteiger partial charge is 0.410 e. The number of benzene rings is 2. The minimum Gasteiger partial charge on any atom is -0.444 e. The van der Waals surface area contributed by atoms with E-state index < -0.39 is 5.60 Å². The highest BCUT2D eigenvalue weighted by Gasteiger charge is 2.35. The zero-order valence-corrected chi connectivity index (χ0v) is 30.6. The van der Waals surface area contributed by atoms with Crippen LogP contribution in [0.15, 0.2) is 47.4 Å². The van der Waals surface area contributed by atoms with Gasteiger partial charge in [0.25, 0.3) is 0 Å². The fraction of sp³-hybridized carbons (Fsp3) is 0.538. The van der Waals surface area contributed by atoms with Crippen molar-refractivity contribution in [1.29, 1.82) is 0 Å². The quantitative estimate of drug-likeness (QED) is 0.229. The molecule has 1 unspecified atom stereocenters. The number of nitrogens with zero attached hydrogens (tertiary/aromatic N) is 7. The van der Waals surface area contributed by atoms with Gasteiger partial charge in [0.15, 0.2) is 6.23 Å². The Morgan fingerprint density at radius 2 is 1.86 bits per heavy atom. The van der Waals surface area contributed by atoms with Crippen molar-refractivity contribution in [3.05, 3.63) is 75.5 Å². The van der Waals surface area contributed by atoms with Crippen molar-refractivity contribution in [2.75, 3.05) is 42.6 Å². The lowest BCUT2D eigenvalue weighted by Crippen LogP contribution is -2.55. The number of carbonyl (C=O) groups excluding carboxylic acids is 1. The highest BCUT2D eigenvalue weighted by molar-refractivity contribution is 5.94. The molecule has 266 valence electrons. The molecule has 50 heavy (non-hydrogen) atoms. The summed E-state index contributed by atoms with van der Waals surface area (Å²) in [5, 5.41) is 5.95. The number of hydrogen-bond donors (Lipinski definition) is 0. The number of aryl methyl sites for hydroxylation is 1. The van der Waals surface area contributed by atoms with Gasteiger partial charge in [0.2, 0.25) is 0 Å². The number of fused-ring (bicyclic) bond motifs is 2. The van der Waals surface area contributed by atoms with E-state index in [2.05, 4.69) is 55.7 Å². The van der Waals surface area contributed by atoms with E-state index in [1.165, 1.54) is 5.56 Å². The van der Waals surface area contributed by atoms with E-state index >= 15 is 0 Å². The number of rotatable bonds is 5. The van der Waals surface area contributed by atoms with Gasteiger partial charge in [-0.05, 0) is 89.5 Å². The van der Waals surface area contributed by atoms with Crippen LogP contribution in [0.1, 0.15) is 95.3 Å². The first-order valence-electron chi connectivity index (χ1n) is 18.2. The van der Waals surface area contributed by atoms with Crippen molar-refractivity contribution < 1.29 is 14.3 Å². The van der Waals surface area contributed by atoms with Crippen LogP contribution in [0.2, 0.25) is 0 Å². The number of carbonyl (C=O) groups is 1. The van der Waals surface area contributed by atoms with Crippen LogP contribution < -0.4 is 15.5 Å². The minimum atomic E-state index is -0.564. The predicted molar refractivity (Wildman–Crippen MR) is 197 cm³/mol. The predicted octanol–water partition coefficient (Wildman–Crippen LogP) is 6.72. The van der Waals surface area contributed by atoms with Crippen LogP contribution in [-0.2, 0) is 22.4 Å². The van der Waals surface area contributed by atoms with Gasteiger partial charge in [0.05, 0.1) is 35.3 Å². The molecule has 7 rings (SSSR count). The van der Waals surface area contributed by atoms with Crippen molar-refractivity contribution in [2.24, 2.45) is 0 Å². The minimum absolute atomic E-state index is 0.0482. The summed E-state index contributed by atoms with van der Waals surface area (Å²) in [4.78, 5) is 38.6. The lowest BCUT2D eigenvalue weighted by atomic mass is 9.98. The second kappa shape index (κ2) is 13.4. The van der Waals surface area contributed by atoms with Gasteiger partial charge in [-0.25, -0.2) is 14.3 Å². The monoisotopic (exact) mass is 681 g/mol. The Balaban J connectivity index is 1.30. The molecule has 2 saturated heterocycles. The molecule has 2 atom stereocenters. The molecule has 5 heterocycles. The van der Waals surface area contributed by atoms with E-state index in [0.29, 0.717) is 26.2 Å². The molecule has 0 N–H and O–H groups in total. The molecule has 3 aliphatic rings. The summed E-state index contributed by atoms with van der Waals surface area (Å²) in [6, 6.07) is 12.5. The zero-order valence-electron chi connectivity index (χ0n) is 30.6. The molecule has 0 aliphatic carbocycles. The number of hydrogen-bond acceptors (Lipinski definition) is 8. The van der Waals surface area contributed by atoms with E-state index in [-0.39, 0.29) is 30.0 Å². The largest absolute Gasteiger partial charge is 0.444 e. The van der Waals surface area contributed by atoms with E-state index in [1.807, 2.05) is 54.4 Å². The average Bonchev–Trinajstić information content (AvgIpc) is 3.51. The third-order valence-electron chi connectivity index (χ3n) is 10.3. The topological polar surface area (TPSA) is 98.0 Å². The third kappa shape index (κ3) is 6.36. The van der Waals surface area contributed by atoms with Crippen LogP contribution >= 0.6 is 0 Å². The summed E-state index contributed by atoms with van der Waals surface area (Å²) in [6.45, 7) is 17.9. The molecule has 0 radical (unpaired) electrons. The molecular weight excluding hydrogens is 630 g/mol. The van der Waals surface area contributed by atoms with Gasteiger partial charge in [0, 0.05) is 49.8 Å². The molecule has 3 aliphatic heterocycles. The highest BCUT2D eigenvalue weighted by Crippen LogP contribution is 2.38. The molecule has 0 spiro atoms. The average molecular weight is 682 g/mol. The fourth-order valence-corrected chi connectivity index (χ4v) is 7.92. The first kappa shape index (κ1) is 34.1. The van der Waals surface area contributed by atoms with E-state index in [9.17, 15) is 9.59 Å². The van der Waals surface area contributed by atoms with Gasteiger partial charge in [-0.1, -0.05) is 38.1 Å². The Hall–Kier alpha value is -4.38. The number of ether oxygens (including phenoxy) is 2. The van der Waals surface area contributed by atoms with Crippen LogP contribution in [0.25, 0.3) is 16.6 Å². The second-order valence-corrected chi connectivity index (χ2v) is 15.4. The Morgan fingerprint density at radius 3 is 2.58 bits per heavy atom. The van der Waals surface area contributed by atoms with Crippen LogP contribution in [0.5, 0.6) is 0 Å². The van der Waals surface area contributed by atoms with Gasteiger partial charge in [-0.2, -0.15) is 10.1 Å². The summed E-state index contributed by atoms with van der Waals surface area (Å²) in [5.74, 6) is 0.953. The van der Waals surface area contributed by atoms with Crippen LogP contribution in [0.4, 0.5) is 16.3 Å². The summed E-state index contributed by atoms with van der Waals surface area (Å²) in [6.07, 6.45) is 5.52. The molecule has 0 bridgehead atoms. The molecule has 11 nitrogen and oxygen atoms in total. The Morgan fingerprint density at radius 1 is 1.06 bits per heavy atom. The second-order valence-electron chi connectivity index (χ2n) is 15.4. The van der Waals surface area contributed by atoms with E-state index in [4.69, 9.17) is 19.6 Å². The SMILES string of the molecule is Cc1ccc2c(cnn2C2CCCCO2)c1N1CCc2c(N3CCN(C(=O)OC(C)(C)C)C[C@H]3C)nc(=O)n(-c3ccccc3C(C)C)c2C1. The van der Waals surface area contributed by atoms with Crippen molar-refractivity contribution in [1.82, 2.24) is 24.2 Å². The van der Waals surface area contributed by atoms with E-state index in [0.717, 1.165) is 83.8 Å². The summed E-state index contributed by atoms with van der Waals surface area (Å²) >= 11 is 0. The number of aromatic nitrogens is 4. The Labute approximate surface area is 294 Å². The molecule has 2 fully saturated rings. The molecule has 11 heteroatoms. The van der Waals surface area contributed by atoms with Gasteiger partial charge in [0.1, 0.15) is 11.4 Å². The highest BCUT2D eigenvalue weighted by atomic mass is 16.6. The van der Waals surface area contributed by atoms with E-state index in [1.54, 1.807) is 4.90 Å². The van der Waals surface area contributed by atoms with Gasteiger partial charge >= 0.3 is 11.8 Å². The molecule has 2 aromatic heterocycles. The standard InChI is InChI=1S/C39H51N7O4/c1-25(2)28-12-8-9-13-31(28)45-33-24-42(35-26(3)15-16-32-30(35)22-40-46(32)34-14-10-11-21-49-34)18-17-29(33)36(41-37(45)47)44-20-19-43(23-27(44)4)38(48)50-39(5,6)7/h8-9,12-13,15-16,22,25,27,34H,10-11,14,17-21,23-24H2,1-7H3/t27-,34?/m1/s1. The lowest BCUT2D eigenvalue weighted by Gasteiger charge is -2.42. The van der Waals surface area contributed by atoms with Crippen molar-refractivity contribution in [3.8, 4) is 5.69 Å². The van der Waals surface area contributed by atoms with Crippen molar-refractivity contribution in [2.45, 2.75) is 104 Å². The maximum absolute atomic E-state index is 14.4. The molecule has 0 saturated carbocycles. The first-order valence-corrected chi connectivity index (χ1v) is 18.2. The Kier molecular flexibility index (Phi) is 9.13. The normalized spacial score (nSPS) is 20.0. The molecule has 2 aromatic carbocycles. The number of amides is 1. The summed E-state index contributed by atoms with van der Waals surface area (Å²) in [7, 11) is 0. The first-order chi connectivity index (χ1) is 23.9. The van der Waals surface area contributed by atoms with Gasteiger partial charge < -0.3 is 24.2 Å². The lowest BCUT2D eigenvalue weighted by molar-refractivity contribution is -0.0366. The summed E-state index contributed by atoms with van der Waals surface area (Å²) < 4.78 is 15.7. The van der Waals surface area contributed by atoms with Crippen molar-refractivity contribution in [3.63, 3.8) is 0 Å². The molecule has 1 amide bonds. The van der Waals surface area contributed by atoms with Crippen LogP contribution in [-0.4, -0.2) is 74.8 Å². The summed E-state index contributed by atoms with van der Waals surface area (Å²) in [5.41, 5.74) is 6.57. The van der Waals surface area contributed by atoms with Crippen molar-refractivity contribution >= 4 is 28.5 Å². The number of anilines is 2. The fourth-order valence-electron chi connectivity index (χ4n) is 7.92. The van der Waals surface area contributed by atoms with Gasteiger partial charge in [-0.3, -0.25) is 4.57 Å². The molecule has 4 aromatic rings. The third-order valence-corrected chi connectivity index (χ3v) is 10.3. The number of piperazine rings is 1. The van der Waals surface area contributed by atoms with Gasteiger partial charge in [-0.15, -0.1) is 0 Å². The van der Waals surface area contributed by atoms with Crippen LogP contribution in [0, 0.1) is 6.92 Å². The Bertz CT molecular complexity index is 1950. The zero-order chi connectivity index (χ0) is 35.3. The molecular formula is C39H51N7O4.